The Morgan fingerprint density at radius 3 is 2.17 bits per heavy atom. The van der Waals surface area contributed by atoms with Crippen LogP contribution in [0.15, 0.2) is 24.3 Å². The summed E-state index contributed by atoms with van der Waals surface area (Å²) in [5.74, 6) is -0.156. The van der Waals surface area contributed by atoms with Crippen molar-refractivity contribution >= 4 is 18.3 Å². The highest BCUT2D eigenvalue weighted by atomic mass is 35.5. The summed E-state index contributed by atoms with van der Waals surface area (Å²) in [4.78, 5) is 13.7. The minimum atomic E-state index is -4.35. The maximum atomic E-state index is 12.7. The average molecular weight is 368 g/mol. The molecule has 0 bridgehead atoms. The molecule has 0 fully saturated rings. The van der Waals surface area contributed by atoms with Crippen molar-refractivity contribution in [2.24, 2.45) is 5.73 Å². The van der Waals surface area contributed by atoms with Crippen LogP contribution in [-0.2, 0) is 11.0 Å². The number of hydrogen-bond acceptors (Lipinski definition) is 3. The van der Waals surface area contributed by atoms with Gasteiger partial charge in [0, 0.05) is 19.5 Å². The van der Waals surface area contributed by atoms with Crippen LogP contribution in [0.3, 0.4) is 0 Å². The second-order valence-electron chi connectivity index (χ2n) is 5.20. The van der Waals surface area contributed by atoms with Gasteiger partial charge in [0.15, 0.2) is 0 Å². The van der Waals surface area contributed by atoms with E-state index < -0.39 is 11.7 Å². The Hall–Kier alpha value is -1.31. The Bertz CT molecular complexity index is 490. The molecule has 0 heterocycles. The first-order valence-electron chi connectivity index (χ1n) is 7.71. The summed E-state index contributed by atoms with van der Waals surface area (Å²) >= 11 is 0. The Labute approximate surface area is 147 Å². The number of carbonyl (C=O) groups excluding carboxylic acids is 1. The van der Waals surface area contributed by atoms with Gasteiger partial charge in [-0.1, -0.05) is 26.0 Å². The number of nitrogens with two attached hydrogens (primary N) is 1. The molecule has 0 aromatic heterocycles. The number of rotatable bonds is 8. The lowest BCUT2D eigenvalue weighted by molar-refractivity contribution is -0.137. The van der Waals surface area contributed by atoms with Gasteiger partial charge in [0.2, 0.25) is 5.91 Å². The highest BCUT2D eigenvalue weighted by Gasteiger charge is 2.30. The fraction of sp³-hybridized carbons (Fsp3) is 0.562. The molecule has 0 aliphatic heterocycles. The number of carbonyl (C=O) groups is 1. The van der Waals surface area contributed by atoms with Gasteiger partial charge in [-0.3, -0.25) is 9.69 Å². The van der Waals surface area contributed by atoms with E-state index in [1.54, 1.807) is 0 Å². The number of nitrogens with one attached hydrogen (secondary N) is 1. The van der Waals surface area contributed by atoms with Crippen LogP contribution in [0.25, 0.3) is 0 Å². The number of nitrogens with zero attached hydrogens (tertiary/aromatic N) is 1. The van der Waals surface area contributed by atoms with Gasteiger partial charge >= 0.3 is 6.18 Å². The zero-order chi connectivity index (χ0) is 17.5. The minimum Gasteiger partial charge on any atom is -0.354 e. The number of hydrogen-bond donors (Lipinski definition) is 2. The van der Waals surface area contributed by atoms with Crippen LogP contribution in [0, 0.1) is 0 Å². The summed E-state index contributed by atoms with van der Waals surface area (Å²) in [6, 6.07) is 4.93. The highest BCUT2D eigenvalue weighted by Crippen LogP contribution is 2.30. The summed E-state index contributed by atoms with van der Waals surface area (Å²) in [5.41, 5.74) is 5.41. The molecule has 1 rings (SSSR count). The molecule has 0 saturated carbocycles. The second-order valence-corrected chi connectivity index (χ2v) is 5.20. The first kappa shape index (κ1) is 22.7. The molecule has 0 radical (unpaired) electrons. The van der Waals surface area contributed by atoms with Gasteiger partial charge in [-0.05, 0) is 30.8 Å². The molecule has 138 valence electrons. The van der Waals surface area contributed by atoms with Crippen molar-refractivity contribution in [3.63, 3.8) is 0 Å². The topological polar surface area (TPSA) is 58.4 Å². The van der Waals surface area contributed by atoms with Crippen LogP contribution >= 0.6 is 12.4 Å². The molecule has 1 atom stereocenters. The van der Waals surface area contributed by atoms with Crippen LogP contribution in [0.4, 0.5) is 13.2 Å². The first-order chi connectivity index (χ1) is 10.8. The van der Waals surface area contributed by atoms with Gasteiger partial charge < -0.3 is 11.1 Å². The van der Waals surface area contributed by atoms with Gasteiger partial charge in [0.1, 0.15) is 0 Å². The van der Waals surface area contributed by atoms with E-state index in [9.17, 15) is 18.0 Å². The lowest BCUT2D eigenvalue weighted by atomic mass is 10.0. The predicted molar refractivity (Wildman–Crippen MR) is 91.0 cm³/mol. The molecule has 1 aromatic carbocycles. The molecule has 3 N–H and O–H groups in total. The van der Waals surface area contributed by atoms with Crippen molar-refractivity contribution in [3.8, 4) is 0 Å². The summed E-state index contributed by atoms with van der Waals surface area (Å²) in [7, 11) is 0. The van der Waals surface area contributed by atoms with Crippen molar-refractivity contribution in [2.75, 3.05) is 26.2 Å². The molecule has 4 nitrogen and oxygen atoms in total. The van der Waals surface area contributed by atoms with Gasteiger partial charge in [-0.25, -0.2) is 0 Å². The number of benzene rings is 1. The fourth-order valence-corrected chi connectivity index (χ4v) is 2.45. The van der Waals surface area contributed by atoms with Gasteiger partial charge in [0.25, 0.3) is 0 Å². The summed E-state index contributed by atoms with van der Waals surface area (Å²) in [6.45, 7) is 6.02. The molecule has 1 aromatic rings. The van der Waals surface area contributed by atoms with Crippen LogP contribution in [0.5, 0.6) is 0 Å². The first-order valence-corrected chi connectivity index (χ1v) is 7.71. The standard InChI is InChI=1S/C16H24F3N3O.ClH/c1-3-22(4-2)14(11-21-15(23)9-10-20)12-5-7-13(8-6-12)16(17,18)19;/h5-8,14H,3-4,9-11,20H2,1-2H3,(H,21,23);1H. The third-order valence-corrected chi connectivity index (χ3v) is 3.74. The third kappa shape index (κ3) is 6.67. The molecule has 0 spiro atoms. The summed E-state index contributed by atoms with van der Waals surface area (Å²) in [5, 5.41) is 2.79. The Morgan fingerprint density at radius 1 is 1.21 bits per heavy atom. The van der Waals surface area contributed by atoms with Crippen molar-refractivity contribution in [3.05, 3.63) is 35.4 Å². The SMILES string of the molecule is CCN(CC)C(CNC(=O)CCN)c1ccc(C(F)(F)F)cc1.Cl. The van der Waals surface area contributed by atoms with Crippen molar-refractivity contribution in [2.45, 2.75) is 32.5 Å². The summed E-state index contributed by atoms with van der Waals surface area (Å²) < 4.78 is 38.0. The largest absolute Gasteiger partial charge is 0.416 e. The van der Waals surface area contributed by atoms with E-state index in [0.717, 1.165) is 30.8 Å². The van der Waals surface area contributed by atoms with E-state index in [1.165, 1.54) is 12.1 Å². The zero-order valence-corrected chi connectivity index (χ0v) is 14.7. The Morgan fingerprint density at radius 2 is 1.75 bits per heavy atom. The van der Waals surface area contributed by atoms with Crippen LogP contribution in [0.1, 0.15) is 37.4 Å². The van der Waals surface area contributed by atoms with E-state index in [1.807, 2.05) is 13.8 Å². The number of halogens is 4. The van der Waals surface area contributed by atoms with Crippen LogP contribution in [-0.4, -0.2) is 37.0 Å². The second kappa shape index (κ2) is 10.5. The molecule has 24 heavy (non-hydrogen) atoms. The summed E-state index contributed by atoms with van der Waals surface area (Å²) in [6.07, 6.45) is -4.11. The molecule has 0 aliphatic carbocycles. The molecule has 0 saturated heterocycles. The monoisotopic (exact) mass is 367 g/mol. The smallest absolute Gasteiger partial charge is 0.354 e. The van der Waals surface area contributed by atoms with Crippen molar-refractivity contribution in [1.29, 1.82) is 0 Å². The Kier molecular flexibility index (Phi) is 9.96. The van der Waals surface area contributed by atoms with Crippen molar-refractivity contribution < 1.29 is 18.0 Å². The molecule has 0 aliphatic rings. The van der Waals surface area contributed by atoms with Gasteiger partial charge in [-0.15, -0.1) is 12.4 Å². The average Bonchev–Trinajstić information content (AvgIpc) is 2.51. The number of amides is 1. The highest BCUT2D eigenvalue weighted by molar-refractivity contribution is 5.85. The van der Waals surface area contributed by atoms with Gasteiger partial charge in [0.05, 0.1) is 11.6 Å². The fourth-order valence-electron chi connectivity index (χ4n) is 2.45. The lowest BCUT2D eigenvalue weighted by Crippen LogP contribution is -2.38. The number of alkyl halides is 3. The predicted octanol–water partition coefficient (Wildman–Crippen LogP) is 2.98. The van der Waals surface area contributed by atoms with E-state index in [4.69, 9.17) is 5.73 Å². The maximum Gasteiger partial charge on any atom is 0.416 e. The quantitative estimate of drug-likeness (QED) is 0.742. The van der Waals surface area contributed by atoms with E-state index in [0.29, 0.717) is 6.54 Å². The van der Waals surface area contributed by atoms with Crippen LogP contribution < -0.4 is 11.1 Å². The molecule has 1 unspecified atom stereocenters. The van der Waals surface area contributed by atoms with E-state index in [-0.39, 0.29) is 37.3 Å². The normalized spacial score (nSPS) is 12.6. The zero-order valence-electron chi connectivity index (χ0n) is 13.9. The molecular formula is C16H25ClF3N3O. The molecule has 8 heteroatoms. The molecule has 1 amide bonds. The molecular weight excluding hydrogens is 343 g/mol. The van der Waals surface area contributed by atoms with E-state index >= 15 is 0 Å². The maximum absolute atomic E-state index is 12.7. The van der Waals surface area contributed by atoms with Crippen LogP contribution in [0.2, 0.25) is 0 Å². The van der Waals surface area contributed by atoms with Gasteiger partial charge in [-0.2, -0.15) is 13.2 Å². The minimum absolute atomic E-state index is 0. The van der Waals surface area contributed by atoms with Crippen molar-refractivity contribution in [1.82, 2.24) is 10.2 Å². The Balaban J connectivity index is 0.00000529. The third-order valence-electron chi connectivity index (χ3n) is 3.74. The lowest BCUT2D eigenvalue weighted by Gasteiger charge is -2.30. The number of likely N-dealkylation sites (N-methyl/N-ethyl adjacent to an activating group) is 1. The van der Waals surface area contributed by atoms with E-state index in [2.05, 4.69) is 10.2 Å².